The first-order chi connectivity index (χ1) is 14.1. The Hall–Kier alpha value is -3.86. The summed E-state index contributed by atoms with van der Waals surface area (Å²) in [4.78, 5) is 36.2. The summed E-state index contributed by atoms with van der Waals surface area (Å²) < 4.78 is 10.3. The molecule has 0 saturated heterocycles. The lowest BCUT2D eigenvalue weighted by Crippen LogP contribution is -2.30. The van der Waals surface area contributed by atoms with Crippen molar-refractivity contribution in [3.05, 3.63) is 59.7 Å². The fraction of sp³-hybridized carbons (Fsp3) is 0.273. The number of anilines is 2. The van der Waals surface area contributed by atoms with Crippen molar-refractivity contribution in [1.82, 2.24) is 0 Å². The van der Waals surface area contributed by atoms with E-state index in [2.05, 4.69) is 10.6 Å². The molecule has 0 spiro atoms. The van der Waals surface area contributed by atoms with Crippen LogP contribution >= 0.6 is 0 Å². The van der Waals surface area contributed by atoms with Gasteiger partial charge in [0, 0.05) is 11.4 Å². The molecule has 0 aromatic heterocycles. The van der Waals surface area contributed by atoms with E-state index in [1.807, 2.05) is 6.07 Å². The number of amides is 2. The summed E-state index contributed by atoms with van der Waals surface area (Å²) in [5.41, 5.74) is 1.01. The molecule has 0 aliphatic carbocycles. The normalized spacial score (nSPS) is 11.6. The third-order valence-electron chi connectivity index (χ3n) is 3.70. The molecule has 0 radical (unpaired) electrons. The maximum absolute atomic E-state index is 12.3. The highest BCUT2D eigenvalue weighted by atomic mass is 16.6. The van der Waals surface area contributed by atoms with Gasteiger partial charge in [0.2, 0.25) is 0 Å². The maximum atomic E-state index is 12.3. The molecule has 0 unspecified atom stereocenters. The van der Waals surface area contributed by atoms with Gasteiger partial charge in [0.25, 0.3) is 5.91 Å². The van der Waals surface area contributed by atoms with Gasteiger partial charge in [0.15, 0.2) is 6.10 Å². The van der Waals surface area contributed by atoms with Crippen molar-refractivity contribution < 1.29 is 23.9 Å². The first-order valence-electron chi connectivity index (χ1n) is 9.19. The number of hydrogen-bond donors (Lipinski definition) is 2. The minimum absolute atomic E-state index is 0.225. The molecule has 2 aromatic carbocycles. The predicted octanol–water partition coefficient (Wildman–Crippen LogP) is 4.09. The smallest absolute Gasteiger partial charge is 0.412 e. The molecule has 2 aromatic rings. The minimum Gasteiger partial charge on any atom is -0.449 e. The summed E-state index contributed by atoms with van der Waals surface area (Å²) in [6, 6.07) is 14.3. The zero-order valence-electron chi connectivity index (χ0n) is 17.2. The molecule has 0 aliphatic heterocycles. The monoisotopic (exact) mass is 409 g/mol. The van der Waals surface area contributed by atoms with Crippen molar-refractivity contribution in [2.24, 2.45) is 0 Å². The molecule has 8 heteroatoms. The third kappa shape index (κ3) is 6.95. The van der Waals surface area contributed by atoms with Gasteiger partial charge in [0.1, 0.15) is 5.60 Å². The maximum Gasteiger partial charge on any atom is 0.412 e. The van der Waals surface area contributed by atoms with Crippen molar-refractivity contribution in [3.63, 3.8) is 0 Å². The predicted molar refractivity (Wildman–Crippen MR) is 111 cm³/mol. The van der Waals surface area contributed by atoms with Gasteiger partial charge in [0.05, 0.1) is 17.2 Å². The van der Waals surface area contributed by atoms with E-state index in [9.17, 15) is 14.4 Å². The minimum atomic E-state index is -1.03. The first-order valence-corrected chi connectivity index (χ1v) is 9.19. The van der Waals surface area contributed by atoms with Crippen LogP contribution in [0, 0.1) is 11.3 Å². The SMILES string of the molecule is C[C@@H](OC(=O)c1ccc(NC(=O)OC(C)(C)C)cc1)C(=O)Nc1ccc(C#N)cc1. The number of rotatable bonds is 5. The molecule has 0 saturated carbocycles. The Balaban J connectivity index is 1.90. The second kappa shape index (κ2) is 9.56. The van der Waals surface area contributed by atoms with Crippen molar-refractivity contribution in [3.8, 4) is 6.07 Å². The van der Waals surface area contributed by atoms with Crippen LogP contribution in [0.1, 0.15) is 43.6 Å². The molecule has 1 atom stereocenters. The molecular formula is C22H23N3O5. The van der Waals surface area contributed by atoms with Crippen LogP contribution in [-0.4, -0.2) is 29.7 Å². The zero-order valence-corrected chi connectivity index (χ0v) is 17.2. The molecule has 2 rings (SSSR count). The Bertz CT molecular complexity index is 954. The Morgan fingerprint density at radius 2 is 1.47 bits per heavy atom. The standard InChI is InChI=1S/C22H23N3O5/c1-14(19(26)24-17-9-5-15(13-23)6-10-17)29-20(27)16-7-11-18(12-8-16)25-21(28)30-22(2,3)4/h5-12,14H,1-4H3,(H,24,26)(H,25,28)/t14-/m1/s1. The number of benzene rings is 2. The highest BCUT2D eigenvalue weighted by Crippen LogP contribution is 2.15. The van der Waals surface area contributed by atoms with E-state index >= 15 is 0 Å². The Morgan fingerprint density at radius 1 is 0.933 bits per heavy atom. The van der Waals surface area contributed by atoms with Gasteiger partial charge < -0.3 is 14.8 Å². The van der Waals surface area contributed by atoms with Gasteiger partial charge >= 0.3 is 12.1 Å². The fourth-order valence-corrected chi connectivity index (χ4v) is 2.27. The van der Waals surface area contributed by atoms with Crippen LogP contribution < -0.4 is 10.6 Å². The summed E-state index contributed by atoms with van der Waals surface area (Å²) >= 11 is 0. The first kappa shape index (κ1) is 22.4. The molecule has 8 nitrogen and oxygen atoms in total. The lowest BCUT2D eigenvalue weighted by atomic mass is 10.2. The highest BCUT2D eigenvalue weighted by molar-refractivity contribution is 5.97. The van der Waals surface area contributed by atoms with Gasteiger partial charge in [-0.2, -0.15) is 5.26 Å². The summed E-state index contributed by atoms with van der Waals surface area (Å²) in [5, 5.41) is 14.0. The van der Waals surface area contributed by atoms with Crippen LogP contribution in [0.25, 0.3) is 0 Å². The summed E-state index contributed by atoms with van der Waals surface area (Å²) in [7, 11) is 0. The number of nitrogens with zero attached hydrogens (tertiary/aromatic N) is 1. The average Bonchev–Trinajstić information content (AvgIpc) is 2.67. The zero-order chi connectivity index (χ0) is 22.3. The molecule has 2 N–H and O–H groups in total. The van der Waals surface area contributed by atoms with Crippen molar-refractivity contribution >= 4 is 29.3 Å². The van der Waals surface area contributed by atoms with Crippen LogP contribution in [0.2, 0.25) is 0 Å². The molecule has 0 heterocycles. The van der Waals surface area contributed by atoms with E-state index in [1.165, 1.54) is 31.2 Å². The number of hydrogen-bond acceptors (Lipinski definition) is 6. The van der Waals surface area contributed by atoms with Crippen LogP contribution in [0.3, 0.4) is 0 Å². The Morgan fingerprint density at radius 3 is 2.00 bits per heavy atom. The summed E-state index contributed by atoms with van der Waals surface area (Å²) in [5.74, 6) is -1.18. The molecule has 0 bridgehead atoms. The lowest BCUT2D eigenvalue weighted by molar-refractivity contribution is -0.123. The molecule has 0 aliphatic rings. The van der Waals surface area contributed by atoms with Crippen LogP contribution in [0.4, 0.5) is 16.2 Å². The largest absolute Gasteiger partial charge is 0.449 e. The van der Waals surface area contributed by atoms with E-state index in [0.29, 0.717) is 16.9 Å². The molecule has 2 amide bonds. The summed E-state index contributed by atoms with van der Waals surface area (Å²) in [6.45, 7) is 6.72. The second-order valence-electron chi connectivity index (χ2n) is 7.43. The average molecular weight is 409 g/mol. The van der Waals surface area contributed by atoms with Gasteiger partial charge in [-0.25, -0.2) is 9.59 Å². The molecule has 156 valence electrons. The van der Waals surface area contributed by atoms with Crippen LogP contribution in [0.15, 0.2) is 48.5 Å². The van der Waals surface area contributed by atoms with Gasteiger partial charge in [-0.15, -0.1) is 0 Å². The lowest BCUT2D eigenvalue weighted by Gasteiger charge is -2.19. The van der Waals surface area contributed by atoms with Gasteiger partial charge in [-0.1, -0.05) is 0 Å². The van der Waals surface area contributed by atoms with Crippen molar-refractivity contribution in [2.45, 2.75) is 39.4 Å². The quantitative estimate of drug-likeness (QED) is 0.718. The van der Waals surface area contributed by atoms with Crippen LogP contribution in [0.5, 0.6) is 0 Å². The fourth-order valence-electron chi connectivity index (χ4n) is 2.27. The number of ether oxygens (including phenoxy) is 2. The molecule has 0 fully saturated rings. The Labute approximate surface area is 174 Å². The summed E-state index contributed by atoms with van der Waals surface area (Å²) in [6.07, 6.45) is -1.64. The number of esters is 1. The number of carbonyl (C=O) groups excluding carboxylic acids is 3. The highest BCUT2D eigenvalue weighted by Gasteiger charge is 2.20. The van der Waals surface area contributed by atoms with Gasteiger partial charge in [-0.05, 0) is 76.2 Å². The third-order valence-corrected chi connectivity index (χ3v) is 3.70. The van der Waals surface area contributed by atoms with Crippen LogP contribution in [-0.2, 0) is 14.3 Å². The molecular weight excluding hydrogens is 386 g/mol. The topological polar surface area (TPSA) is 118 Å². The second-order valence-corrected chi connectivity index (χ2v) is 7.43. The van der Waals surface area contributed by atoms with E-state index in [1.54, 1.807) is 45.0 Å². The number of nitriles is 1. The number of nitrogens with one attached hydrogen (secondary N) is 2. The van der Waals surface area contributed by atoms with Crippen molar-refractivity contribution in [1.29, 1.82) is 5.26 Å². The van der Waals surface area contributed by atoms with E-state index < -0.39 is 29.7 Å². The van der Waals surface area contributed by atoms with E-state index in [-0.39, 0.29) is 5.56 Å². The molecule has 30 heavy (non-hydrogen) atoms. The van der Waals surface area contributed by atoms with Crippen molar-refractivity contribution in [2.75, 3.05) is 10.6 Å². The van der Waals surface area contributed by atoms with E-state index in [0.717, 1.165) is 0 Å². The van der Waals surface area contributed by atoms with E-state index in [4.69, 9.17) is 14.7 Å². The Kier molecular flexibility index (Phi) is 7.15. The number of carbonyl (C=O) groups is 3. The van der Waals surface area contributed by atoms with Gasteiger partial charge in [-0.3, -0.25) is 10.1 Å².